The van der Waals surface area contributed by atoms with E-state index >= 15 is 0 Å². The molecule has 65 heavy (non-hydrogen) atoms. The van der Waals surface area contributed by atoms with Gasteiger partial charge in [0.25, 0.3) is 0 Å². The number of hydrogen-bond acceptors (Lipinski definition) is 23. The number of aliphatic hydroxyl groups excluding tert-OH is 10. The van der Waals surface area contributed by atoms with E-state index in [0.29, 0.717) is 5.56 Å². The van der Waals surface area contributed by atoms with Gasteiger partial charge in [-0.1, -0.05) is 12.1 Å². The van der Waals surface area contributed by atoms with Crippen LogP contribution >= 0.6 is 0 Å². The normalized spacial score (nSPS) is 32.9. The molecule has 4 aromatic rings. The van der Waals surface area contributed by atoms with E-state index in [4.69, 9.17) is 37.6 Å². The number of hydrogen-bond donors (Lipinski definition) is 13. The van der Waals surface area contributed by atoms with E-state index in [2.05, 4.69) is 0 Å². The predicted octanol–water partition coefficient (Wildman–Crippen LogP) is -2.98. The SMILES string of the molecule is O=C(/C=C/c1ccc(O)cc1)O[C@H]1[C@H](O[C@H]2[C@H](Oc3c(-c4ccc(O)cc4)oc4cc(O[C@@H]5O[C@@H](CO)[C@@H](O)[C@@H](O)[C@H]5O)cc(O)c4c3=O)O[C@H](CO)[C@@H](O)[C@@H]2O)O[C@H](CO)[C@@H](O)[C@@H]1O. The van der Waals surface area contributed by atoms with Crippen LogP contribution in [0, 0.1) is 0 Å². The molecule has 0 radical (unpaired) electrons. The van der Waals surface area contributed by atoms with Crippen LogP contribution in [-0.2, 0) is 28.5 Å². The second kappa shape index (κ2) is 19.9. The Morgan fingerprint density at radius 2 is 1.15 bits per heavy atom. The molecule has 0 amide bonds. The Kier molecular flexibility index (Phi) is 14.6. The fourth-order valence-corrected chi connectivity index (χ4v) is 7.32. The van der Waals surface area contributed by atoms with Crippen molar-refractivity contribution < 1.29 is 109 Å². The zero-order valence-electron chi connectivity index (χ0n) is 33.6. The lowest BCUT2D eigenvalue weighted by molar-refractivity contribution is -0.358. The zero-order chi connectivity index (χ0) is 46.9. The lowest BCUT2D eigenvalue weighted by atomic mass is 9.97. The molecule has 13 N–H and O–H groups in total. The Balaban J connectivity index is 1.25. The third-order valence-corrected chi connectivity index (χ3v) is 10.9. The van der Waals surface area contributed by atoms with E-state index in [-0.39, 0.29) is 22.8 Å². The summed E-state index contributed by atoms with van der Waals surface area (Å²) < 4.78 is 46.0. The van der Waals surface area contributed by atoms with Gasteiger partial charge in [-0.3, -0.25) is 4.79 Å². The minimum absolute atomic E-state index is 0.0370. The Labute approximate surface area is 365 Å². The van der Waals surface area contributed by atoms with Crippen LogP contribution in [0.15, 0.2) is 76.0 Å². The van der Waals surface area contributed by atoms with Crippen molar-refractivity contribution in [3.63, 3.8) is 0 Å². The molecule has 0 spiro atoms. The van der Waals surface area contributed by atoms with Gasteiger partial charge in [0.15, 0.2) is 24.3 Å². The standard InChI is InChI=1S/C42H46O23/c43-13-23-28(50)32(54)35(57)40(60-23)58-20-11-21(48)27-22(12-20)59-36(17-4-8-19(47)9-5-17)37(31(27)53)64-42-39(34(56)30(52)25(15-45)62-42)65-41-38(33(55)29(51)24(14-44)61-41)63-26(49)10-3-16-1-6-18(46)7-2-16/h1-12,23-25,28-30,32-35,38-48,50-52,54-57H,13-15H2/b10-3+/t23-,24+,25+,28+,29+,30+,32+,33-,34-,35+,38+,39+,40+,41-,42-/m0/s1. The van der Waals surface area contributed by atoms with Crippen LogP contribution < -0.4 is 14.9 Å². The Bertz CT molecular complexity index is 2350. The van der Waals surface area contributed by atoms with E-state index in [9.17, 15) is 76.0 Å². The monoisotopic (exact) mass is 918 g/mol. The number of phenolic OH excluding ortho intramolecular Hbond substituents is 3. The van der Waals surface area contributed by atoms with E-state index in [1.165, 1.54) is 54.6 Å². The molecule has 1 aromatic heterocycles. The maximum atomic E-state index is 14.5. The molecule has 4 heterocycles. The van der Waals surface area contributed by atoms with Crippen molar-refractivity contribution in [2.45, 2.75) is 92.1 Å². The third kappa shape index (κ3) is 9.89. The van der Waals surface area contributed by atoms with Crippen LogP contribution in [0.1, 0.15) is 5.56 Å². The molecular formula is C42H46O23. The number of ether oxygens (including phenoxy) is 7. The van der Waals surface area contributed by atoms with Crippen molar-refractivity contribution in [2.24, 2.45) is 0 Å². The largest absolute Gasteiger partial charge is 0.508 e. The van der Waals surface area contributed by atoms with E-state index < -0.39 is 152 Å². The Morgan fingerprint density at radius 1 is 0.615 bits per heavy atom. The number of phenols is 3. The Hall–Kier alpha value is -5.48. The van der Waals surface area contributed by atoms with Crippen LogP contribution in [0.5, 0.6) is 28.7 Å². The molecule has 15 atom stereocenters. The molecule has 3 fully saturated rings. The molecule has 352 valence electrons. The first-order valence-electron chi connectivity index (χ1n) is 19.9. The van der Waals surface area contributed by atoms with Crippen LogP contribution in [0.4, 0.5) is 0 Å². The van der Waals surface area contributed by atoms with Crippen LogP contribution in [0.2, 0.25) is 0 Å². The highest BCUT2D eigenvalue weighted by atomic mass is 16.8. The molecule has 0 saturated carbocycles. The van der Waals surface area contributed by atoms with E-state index in [0.717, 1.165) is 18.2 Å². The molecule has 0 aliphatic carbocycles. The van der Waals surface area contributed by atoms with Gasteiger partial charge in [0.1, 0.15) is 95.0 Å². The summed E-state index contributed by atoms with van der Waals surface area (Å²) in [6.07, 6.45) is -25.4. The fourth-order valence-electron chi connectivity index (χ4n) is 7.32. The highest BCUT2D eigenvalue weighted by Gasteiger charge is 2.53. The summed E-state index contributed by atoms with van der Waals surface area (Å²) in [5.41, 5.74) is -1.04. The molecule has 7 rings (SSSR count). The van der Waals surface area contributed by atoms with Crippen LogP contribution in [0.25, 0.3) is 28.4 Å². The van der Waals surface area contributed by atoms with Gasteiger partial charge < -0.3 is 104 Å². The highest BCUT2D eigenvalue weighted by molar-refractivity contribution is 5.88. The van der Waals surface area contributed by atoms with Gasteiger partial charge in [-0.15, -0.1) is 0 Å². The smallest absolute Gasteiger partial charge is 0.331 e. The maximum Gasteiger partial charge on any atom is 0.331 e. The number of benzene rings is 3. The molecule has 3 aliphatic heterocycles. The number of esters is 1. The third-order valence-electron chi connectivity index (χ3n) is 10.9. The number of rotatable bonds is 13. The molecule has 3 aromatic carbocycles. The van der Waals surface area contributed by atoms with Gasteiger partial charge in [-0.25, -0.2) is 4.79 Å². The van der Waals surface area contributed by atoms with Gasteiger partial charge in [0, 0.05) is 23.8 Å². The van der Waals surface area contributed by atoms with Gasteiger partial charge in [-0.2, -0.15) is 0 Å². The van der Waals surface area contributed by atoms with Crippen molar-refractivity contribution >= 4 is 23.0 Å². The summed E-state index contributed by atoms with van der Waals surface area (Å²) in [6.45, 7) is -2.63. The molecule has 23 nitrogen and oxygen atoms in total. The predicted molar refractivity (Wildman–Crippen MR) is 214 cm³/mol. The second-order valence-electron chi connectivity index (χ2n) is 15.2. The molecule has 23 heteroatoms. The summed E-state index contributed by atoms with van der Waals surface area (Å²) in [5.74, 6) is -3.71. The van der Waals surface area contributed by atoms with Crippen molar-refractivity contribution in [3.8, 4) is 40.1 Å². The molecular weight excluding hydrogens is 872 g/mol. The van der Waals surface area contributed by atoms with Gasteiger partial charge in [0.2, 0.25) is 23.8 Å². The number of aliphatic hydroxyl groups is 10. The number of fused-ring (bicyclic) bond motifs is 1. The van der Waals surface area contributed by atoms with Crippen molar-refractivity contribution in [3.05, 3.63) is 82.5 Å². The highest BCUT2D eigenvalue weighted by Crippen LogP contribution is 2.39. The molecule has 3 aliphatic rings. The minimum Gasteiger partial charge on any atom is -0.508 e. The quantitative estimate of drug-likeness (QED) is 0.0470. The van der Waals surface area contributed by atoms with Crippen molar-refractivity contribution in [1.29, 1.82) is 0 Å². The molecule has 0 bridgehead atoms. The summed E-state index contributed by atoms with van der Waals surface area (Å²) in [7, 11) is 0. The van der Waals surface area contributed by atoms with Gasteiger partial charge in [0.05, 0.1) is 19.8 Å². The average Bonchev–Trinajstić information content (AvgIpc) is 3.29. The van der Waals surface area contributed by atoms with Gasteiger partial charge >= 0.3 is 5.97 Å². The minimum atomic E-state index is -2.10. The lowest BCUT2D eigenvalue weighted by Gasteiger charge is -2.46. The molecule has 0 unspecified atom stereocenters. The summed E-state index contributed by atoms with van der Waals surface area (Å²) >= 11 is 0. The second-order valence-corrected chi connectivity index (χ2v) is 15.2. The zero-order valence-corrected chi connectivity index (χ0v) is 33.6. The average molecular weight is 919 g/mol. The summed E-state index contributed by atoms with van der Waals surface area (Å²) in [5, 5.41) is 135. The van der Waals surface area contributed by atoms with Crippen LogP contribution in [-0.4, -0.2) is 184 Å². The summed E-state index contributed by atoms with van der Waals surface area (Å²) in [6, 6.07) is 12.6. The fraction of sp³-hybridized carbons (Fsp3) is 0.429. The van der Waals surface area contributed by atoms with Crippen molar-refractivity contribution in [2.75, 3.05) is 19.8 Å². The van der Waals surface area contributed by atoms with E-state index in [1.54, 1.807) is 0 Å². The Morgan fingerprint density at radius 3 is 1.75 bits per heavy atom. The first kappa shape index (κ1) is 47.5. The maximum absolute atomic E-state index is 14.5. The lowest BCUT2D eigenvalue weighted by Crippen LogP contribution is -2.65. The van der Waals surface area contributed by atoms with Crippen molar-refractivity contribution in [1.82, 2.24) is 0 Å². The first-order valence-corrected chi connectivity index (χ1v) is 19.9. The van der Waals surface area contributed by atoms with Gasteiger partial charge in [-0.05, 0) is 48.0 Å². The summed E-state index contributed by atoms with van der Waals surface area (Å²) in [4.78, 5) is 27.5. The van der Waals surface area contributed by atoms with Crippen LogP contribution in [0.3, 0.4) is 0 Å². The number of carbonyl (C=O) groups is 1. The number of carbonyl (C=O) groups excluding carboxylic acids is 1. The van der Waals surface area contributed by atoms with E-state index in [1.807, 2.05) is 0 Å². The number of aromatic hydroxyl groups is 3. The first-order chi connectivity index (χ1) is 31.0. The topological polar surface area (TPSA) is 375 Å². The molecule has 3 saturated heterocycles.